The van der Waals surface area contributed by atoms with Gasteiger partial charge in [-0.1, -0.05) is 0 Å². The molecule has 0 bridgehead atoms. The number of anilines is 2. The van der Waals surface area contributed by atoms with Gasteiger partial charge in [-0.25, -0.2) is 0 Å². The highest BCUT2D eigenvalue weighted by molar-refractivity contribution is 6.04. The van der Waals surface area contributed by atoms with Crippen LogP contribution < -0.4 is 11.1 Å². The summed E-state index contributed by atoms with van der Waals surface area (Å²) in [6.07, 6.45) is 5.33. The minimum Gasteiger partial charge on any atom is -0.397 e. The Morgan fingerprint density at radius 1 is 1.43 bits per heavy atom. The number of carbonyl (C=O) groups is 1. The van der Waals surface area contributed by atoms with E-state index in [9.17, 15) is 4.79 Å². The van der Waals surface area contributed by atoms with Crippen LogP contribution in [-0.2, 0) is 9.53 Å². The monoisotopic (exact) mass is 285 g/mol. The Morgan fingerprint density at radius 3 is 3.14 bits per heavy atom. The maximum absolute atomic E-state index is 12.1. The molecule has 5 nitrogen and oxygen atoms in total. The number of nitrogens with zero attached hydrogens (tertiary/aromatic N) is 1. The van der Waals surface area contributed by atoms with Crippen molar-refractivity contribution < 1.29 is 9.53 Å². The molecule has 1 aliphatic rings. The zero-order chi connectivity index (χ0) is 14.7. The molecule has 1 aromatic carbocycles. The highest BCUT2D eigenvalue weighted by Crippen LogP contribution is 2.26. The molecule has 1 saturated heterocycles. The van der Waals surface area contributed by atoms with Gasteiger partial charge in [-0.15, -0.1) is 0 Å². The summed E-state index contributed by atoms with van der Waals surface area (Å²) < 4.78 is 5.53. The van der Waals surface area contributed by atoms with E-state index in [2.05, 4.69) is 10.3 Å². The summed E-state index contributed by atoms with van der Waals surface area (Å²) in [5.74, 6) is 0.000393. The lowest BCUT2D eigenvalue weighted by Crippen LogP contribution is -2.15. The molecule has 1 atom stereocenters. The predicted molar refractivity (Wildman–Crippen MR) is 83.0 cm³/mol. The van der Waals surface area contributed by atoms with Gasteiger partial charge < -0.3 is 15.8 Å². The highest BCUT2D eigenvalue weighted by Gasteiger charge is 2.17. The molecule has 1 aliphatic heterocycles. The second-order valence-electron chi connectivity index (χ2n) is 5.32. The van der Waals surface area contributed by atoms with Crippen molar-refractivity contribution in [3.63, 3.8) is 0 Å². The van der Waals surface area contributed by atoms with E-state index in [4.69, 9.17) is 10.5 Å². The molecule has 3 rings (SSSR count). The Kier molecular flexibility index (Phi) is 4.01. The van der Waals surface area contributed by atoms with Crippen molar-refractivity contribution in [1.82, 2.24) is 4.98 Å². The molecule has 5 heteroatoms. The number of pyridine rings is 1. The van der Waals surface area contributed by atoms with E-state index in [1.807, 2.05) is 18.2 Å². The van der Waals surface area contributed by atoms with E-state index < -0.39 is 0 Å². The number of nitrogen functional groups attached to an aromatic ring is 1. The summed E-state index contributed by atoms with van der Waals surface area (Å²) in [7, 11) is 0. The minimum atomic E-state index is 0.000393. The van der Waals surface area contributed by atoms with Crippen LogP contribution in [0.3, 0.4) is 0 Å². The second kappa shape index (κ2) is 6.10. The summed E-state index contributed by atoms with van der Waals surface area (Å²) >= 11 is 0. The molecule has 2 heterocycles. The molecule has 0 radical (unpaired) electrons. The first-order valence-electron chi connectivity index (χ1n) is 7.29. The van der Waals surface area contributed by atoms with E-state index in [1.54, 1.807) is 12.3 Å². The molecule has 1 unspecified atom stereocenters. The highest BCUT2D eigenvalue weighted by atomic mass is 16.5. The minimum absolute atomic E-state index is 0.000393. The molecular formula is C16H19N3O2. The number of carbonyl (C=O) groups excluding carboxylic acids is 1. The number of nitrogens with two attached hydrogens (primary N) is 1. The van der Waals surface area contributed by atoms with E-state index >= 15 is 0 Å². The number of ether oxygens (including phenoxy) is 1. The number of rotatable bonds is 4. The van der Waals surface area contributed by atoms with Gasteiger partial charge in [-0.3, -0.25) is 9.78 Å². The van der Waals surface area contributed by atoms with E-state index in [-0.39, 0.29) is 12.0 Å². The van der Waals surface area contributed by atoms with Crippen molar-refractivity contribution >= 4 is 28.2 Å². The summed E-state index contributed by atoms with van der Waals surface area (Å²) in [5, 5.41) is 3.81. The Bertz CT molecular complexity index is 651. The van der Waals surface area contributed by atoms with Crippen LogP contribution in [-0.4, -0.2) is 23.6 Å². The Balaban J connectivity index is 1.69. The molecule has 1 aromatic heterocycles. The van der Waals surface area contributed by atoms with Gasteiger partial charge in [0.15, 0.2) is 0 Å². The summed E-state index contributed by atoms with van der Waals surface area (Å²) in [5.41, 5.74) is 7.99. The van der Waals surface area contributed by atoms with Crippen molar-refractivity contribution in [2.75, 3.05) is 17.7 Å². The van der Waals surface area contributed by atoms with Gasteiger partial charge in [0.25, 0.3) is 0 Å². The summed E-state index contributed by atoms with van der Waals surface area (Å²) in [6.45, 7) is 0.820. The van der Waals surface area contributed by atoms with Gasteiger partial charge in [0.05, 0.1) is 23.0 Å². The van der Waals surface area contributed by atoms with Crippen LogP contribution in [0, 0.1) is 0 Å². The smallest absolute Gasteiger partial charge is 0.224 e. The van der Waals surface area contributed by atoms with Crippen molar-refractivity contribution in [2.45, 2.75) is 31.8 Å². The first kappa shape index (κ1) is 13.8. The van der Waals surface area contributed by atoms with Crippen molar-refractivity contribution in [3.8, 4) is 0 Å². The SMILES string of the molecule is Nc1ccc(NC(=O)CCC2CCCO2)c2cccnc12. The third-order valence-electron chi connectivity index (χ3n) is 3.79. The molecule has 0 saturated carbocycles. The lowest BCUT2D eigenvalue weighted by atomic mass is 10.1. The first-order valence-corrected chi connectivity index (χ1v) is 7.29. The maximum Gasteiger partial charge on any atom is 0.224 e. The molecular weight excluding hydrogens is 266 g/mol. The van der Waals surface area contributed by atoms with Crippen molar-refractivity contribution in [3.05, 3.63) is 30.5 Å². The lowest BCUT2D eigenvalue weighted by Gasteiger charge is -2.11. The van der Waals surface area contributed by atoms with E-state index in [0.717, 1.165) is 42.5 Å². The number of hydrogen-bond donors (Lipinski definition) is 2. The molecule has 0 spiro atoms. The third-order valence-corrected chi connectivity index (χ3v) is 3.79. The van der Waals surface area contributed by atoms with Crippen molar-refractivity contribution in [1.29, 1.82) is 0 Å². The number of aromatic nitrogens is 1. The van der Waals surface area contributed by atoms with Crippen molar-refractivity contribution in [2.24, 2.45) is 0 Å². The number of benzene rings is 1. The number of amides is 1. The third kappa shape index (κ3) is 3.13. The van der Waals surface area contributed by atoms with Crippen LogP contribution in [0.1, 0.15) is 25.7 Å². The van der Waals surface area contributed by atoms with Gasteiger partial charge in [0, 0.05) is 24.6 Å². The molecule has 0 aliphatic carbocycles. The number of nitrogens with one attached hydrogen (secondary N) is 1. The fourth-order valence-electron chi connectivity index (χ4n) is 2.68. The predicted octanol–water partition coefficient (Wildman–Crippen LogP) is 2.71. The molecule has 1 amide bonds. The standard InChI is InChI=1S/C16H19N3O2/c17-13-6-7-14(12-4-1-9-18-16(12)13)19-15(20)8-5-11-3-2-10-21-11/h1,4,6-7,9,11H,2-3,5,8,10,17H2,(H,19,20). The van der Waals surface area contributed by atoms with Crippen LogP contribution in [0.5, 0.6) is 0 Å². The first-order chi connectivity index (χ1) is 10.2. The zero-order valence-corrected chi connectivity index (χ0v) is 11.8. The molecule has 3 N–H and O–H groups in total. The zero-order valence-electron chi connectivity index (χ0n) is 11.8. The molecule has 2 aromatic rings. The van der Waals surface area contributed by atoms with Gasteiger partial charge in [-0.05, 0) is 43.5 Å². The number of hydrogen-bond acceptors (Lipinski definition) is 4. The second-order valence-corrected chi connectivity index (χ2v) is 5.32. The average molecular weight is 285 g/mol. The van der Waals surface area contributed by atoms with Crippen LogP contribution in [0.2, 0.25) is 0 Å². The fourth-order valence-corrected chi connectivity index (χ4v) is 2.68. The van der Waals surface area contributed by atoms with Gasteiger partial charge in [-0.2, -0.15) is 0 Å². The Labute approximate surface area is 123 Å². The van der Waals surface area contributed by atoms with E-state index in [1.165, 1.54) is 0 Å². The van der Waals surface area contributed by atoms with Crippen LogP contribution >= 0.6 is 0 Å². The Morgan fingerprint density at radius 2 is 2.33 bits per heavy atom. The van der Waals surface area contributed by atoms with E-state index in [0.29, 0.717) is 12.1 Å². The maximum atomic E-state index is 12.1. The van der Waals surface area contributed by atoms with Crippen LogP contribution in [0.25, 0.3) is 10.9 Å². The van der Waals surface area contributed by atoms with Crippen LogP contribution in [0.4, 0.5) is 11.4 Å². The lowest BCUT2D eigenvalue weighted by molar-refractivity contribution is -0.116. The largest absolute Gasteiger partial charge is 0.397 e. The molecule has 110 valence electrons. The average Bonchev–Trinajstić information content (AvgIpc) is 3.02. The summed E-state index contributed by atoms with van der Waals surface area (Å²) in [4.78, 5) is 16.3. The fraction of sp³-hybridized carbons (Fsp3) is 0.375. The van der Waals surface area contributed by atoms with Gasteiger partial charge in [0.1, 0.15) is 0 Å². The van der Waals surface area contributed by atoms with Gasteiger partial charge in [0.2, 0.25) is 5.91 Å². The molecule has 1 fully saturated rings. The normalized spacial score (nSPS) is 18.0. The topological polar surface area (TPSA) is 77.2 Å². The van der Waals surface area contributed by atoms with Crippen LogP contribution in [0.15, 0.2) is 30.5 Å². The quantitative estimate of drug-likeness (QED) is 0.847. The molecule has 21 heavy (non-hydrogen) atoms. The van der Waals surface area contributed by atoms with Gasteiger partial charge >= 0.3 is 0 Å². The summed E-state index contributed by atoms with van der Waals surface area (Å²) in [6, 6.07) is 7.34. The Hall–Kier alpha value is -2.14. The number of fused-ring (bicyclic) bond motifs is 1.